The number of hydrogen-bond acceptors (Lipinski definition) is 0. The van der Waals surface area contributed by atoms with Gasteiger partial charge in [0, 0.05) is 5.33 Å². The lowest BCUT2D eigenvalue weighted by Crippen LogP contribution is -2.48. The molecule has 2 atom stereocenters. The Morgan fingerprint density at radius 1 is 1.69 bits per heavy atom. The molecule has 1 saturated carbocycles. The van der Waals surface area contributed by atoms with Crippen molar-refractivity contribution in [1.29, 1.82) is 0 Å². The fraction of sp³-hybridized carbons (Fsp3) is 0.667. The maximum Gasteiger partial charge on any atom is 0.0279 e. The molecule has 0 nitrogen and oxygen atoms in total. The van der Waals surface area contributed by atoms with Crippen molar-refractivity contribution in [3.63, 3.8) is 0 Å². The highest BCUT2D eigenvalue weighted by Crippen LogP contribution is 2.60. The van der Waals surface area contributed by atoms with Gasteiger partial charge < -0.3 is 0 Å². The number of fused-ring (bicyclic) bond motifs is 1. The second-order valence-electron chi connectivity index (χ2n) is 4.94. The lowest BCUT2D eigenvalue weighted by atomic mass is 9.48. The first-order valence-electron chi connectivity index (χ1n) is 5.01. The third kappa shape index (κ3) is 1.24. The van der Waals surface area contributed by atoms with Crippen LogP contribution in [-0.4, -0.2) is 5.33 Å². The van der Waals surface area contributed by atoms with Crippen LogP contribution in [0.1, 0.15) is 26.7 Å². The molecule has 0 aliphatic heterocycles. The first-order chi connectivity index (χ1) is 6.07. The molecule has 1 heteroatoms. The molecular formula is C12H17Br. The van der Waals surface area contributed by atoms with Crippen LogP contribution in [0.25, 0.3) is 0 Å². The lowest BCUT2D eigenvalue weighted by Gasteiger charge is -2.56. The summed E-state index contributed by atoms with van der Waals surface area (Å²) in [4.78, 5) is 0. The van der Waals surface area contributed by atoms with E-state index in [1.165, 1.54) is 24.0 Å². The maximum atomic E-state index is 4.12. The van der Waals surface area contributed by atoms with Crippen LogP contribution in [0.3, 0.4) is 0 Å². The molecule has 1 fully saturated rings. The zero-order valence-electron chi connectivity index (χ0n) is 8.44. The number of rotatable bonds is 2. The summed E-state index contributed by atoms with van der Waals surface area (Å²) in [6.07, 6.45) is 5.07. The Bertz CT molecular complexity index is 273. The van der Waals surface area contributed by atoms with Gasteiger partial charge >= 0.3 is 0 Å². The van der Waals surface area contributed by atoms with Crippen LogP contribution in [0.2, 0.25) is 0 Å². The predicted octanol–water partition coefficient (Wildman–Crippen LogP) is 3.93. The molecule has 0 spiro atoms. The molecule has 2 unspecified atom stereocenters. The van der Waals surface area contributed by atoms with E-state index in [2.05, 4.69) is 42.4 Å². The fourth-order valence-electron chi connectivity index (χ4n) is 2.82. The van der Waals surface area contributed by atoms with Gasteiger partial charge in [-0.15, -0.1) is 0 Å². The van der Waals surface area contributed by atoms with E-state index in [1.807, 2.05) is 0 Å². The molecule has 72 valence electrons. The van der Waals surface area contributed by atoms with Crippen molar-refractivity contribution < 1.29 is 0 Å². The Labute approximate surface area is 89.2 Å². The highest BCUT2D eigenvalue weighted by atomic mass is 79.9. The average Bonchev–Trinajstić information content (AvgIpc) is 2.16. The lowest BCUT2D eigenvalue weighted by molar-refractivity contribution is -0.00416. The SMILES string of the molecule is C=C(CBr)C1=CCC2CC1C2(C)C. The number of allylic oxidation sites excluding steroid dienone is 3. The van der Waals surface area contributed by atoms with Crippen molar-refractivity contribution in [1.82, 2.24) is 0 Å². The minimum absolute atomic E-state index is 0.537. The molecule has 3 aliphatic carbocycles. The summed E-state index contributed by atoms with van der Waals surface area (Å²) >= 11 is 3.49. The van der Waals surface area contributed by atoms with E-state index in [1.54, 1.807) is 0 Å². The molecule has 0 radical (unpaired) electrons. The first-order valence-corrected chi connectivity index (χ1v) is 6.13. The average molecular weight is 241 g/mol. The second kappa shape index (κ2) is 2.98. The zero-order chi connectivity index (χ0) is 9.64. The molecule has 0 N–H and O–H groups in total. The van der Waals surface area contributed by atoms with Crippen LogP contribution >= 0.6 is 15.9 Å². The molecule has 13 heavy (non-hydrogen) atoms. The third-order valence-corrected chi connectivity index (χ3v) is 4.71. The standard InChI is InChI=1S/C12H17Br/c1-8(7-13)10-5-4-9-6-11(10)12(9,2)3/h5,9,11H,1,4,6-7H2,2-3H3. The van der Waals surface area contributed by atoms with E-state index in [0.29, 0.717) is 5.41 Å². The van der Waals surface area contributed by atoms with Crippen LogP contribution in [0.15, 0.2) is 23.8 Å². The van der Waals surface area contributed by atoms with E-state index in [9.17, 15) is 0 Å². The molecule has 0 saturated heterocycles. The maximum absolute atomic E-state index is 4.12. The summed E-state index contributed by atoms with van der Waals surface area (Å²) in [7, 11) is 0. The number of halogens is 1. The first kappa shape index (κ1) is 9.51. The molecule has 0 heterocycles. The molecule has 0 aromatic rings. The van der Waals surface area contributed by atoms with Crippen molar-refractivity contribution in [3.8, 4) is 0 Å². The van der Waals surface area contributed by atoms with Crippen molar-refractivity contribution in [3.05, 3.63) is 23.8 Å². The topological polar surface area (TPSA) is 0 Å². The Kier molecular flexibility index (Phi) is 2.18. The summed E-state index contributed by atoms with van der Waals surface area (Å²) in [6, 6.07) is 0. The van der Waals surface area contributed by atoms with E-state index in [0.717, 1.165) is 17.2 Å². The molecule has 0 amide bonds. The van der Waals surface area contributed by atoms with Crippen LogP contribution in [-0.2, 0) is 0 Å². The summed E-state index contributed by atoms with van der Waals surface area (Å²) in [5, 5.41) is 0.927. The summed E-state index contributed by atoms with van der Waals surface area (Å²) in [5.74, 6) is 1.72. The van der Waals surface area contributed by atoms with E-state index in [-0.39, 0.29) is 0 Å². The van der Waals surface area contributed by atoms with Gasteiger partial charge in [0.25, 0.3) is 0 Å². The Morgan fingerprint density at radius 2 is 2.38 bits per heavy atom. The minimum Gasteiger partial charge on any atom is -0.0947 e. The van der Waals surface area contributed by atoms with Gasteiger partial charge in [0.1, 0.15) is 0 Å². The number of hydrogen-bond donors (Lipinski definition) is 0. The van der Waals surface area contributed by atoms with Gasteiger partial charge in [0.2, 0.25) is 0 Å². The van der Waals surface area contributed by atoms with Gasteiger partial charge in [0.15, 0.2) is 0 Å². The highest BCUT2D eigenvalue weighted by Gasteiger charge is 2.51. The molecule has 0 aromatic heterocycles. The van der Waals surface area contributed by atoms with Gasteiger partial charge in [-0.2, -0.15) is 0 Å². The normalized spacial score (nSPS) is 34.8. The quantitative estimate of drug-likeness (QED) is 0.642. The summed E-state index contributed by atoms with van der Waals surface area (Å²) in [6.45, 7) is 8.93. The van der Waals surface area contributed by atoms with Crippen LogP contribution in [0.5, 0.6) is 0 Å². The molecule has 0 aromatic carbocycles. The van der Waals surface area contributed by atoms with Gasteiger partial charge in [-0.1, -0.05) is 42.4 Å². The van der Waals surface area contributed by atoms with Crippen molar-refractivity contribution in [2.75, 3.05) is 5.33 Å². The predicted molar refractivity (Wildman–Crippen MR) is 61.0 cm³/mol. The van der Waals surface area contributed by atoms with Gasteiger partial charge in [-0.25, -0.2) is 0 Å². The number of alkyl halides is 1. The van der Waals surface area contributed by atoms with Gasteiger partial charge in [-0.05, 0) is 41.2 Å². The van der Waals surface area contributed by atoms with Gasteiger partial charge in [0.05, 0.1) is 0 Å². The Hall–Kier alpha value is -0.0400. The minimum atomic E-state index is 0.537. The molecule has 3 aliphatic rings. The van der Waals surface area contributed by atoms with Gasteiger partial charge in [-0.3, -0.25) is 0 Å². The summed E-state index contributed by atoms with van der Waals surface area (Å²) < 4.78 is 0. The van der Waals surface area contributed by atoms with Crippen molar-refractivity contribution >= 4 is 15.9 Å². The van der Waals surface area contributed by atoms with Crippen LogP contribution in [0, 0.1) is 17.3 Å². The van der Waals surface area contributed by atoms with Crippen LogP contribution < -0.4 is 0 Å². The molecule has 3 rings (SSSR count). The van der Waals surface area contributed by atoms with Crippen molar-refractivity contribution in [2.24, 2.45) is 17.3 Å². The smallest absolute Gasteiger partial charge is 0.0279 e. The molecule has 2 bridgehead atoms. The Morgan fingerprint density at radius 3 is 2.85 bits per heavy atom. The van der Waals surface area contributed by atoms with E-state index in [4.69, 9.17) is 0 Å². The monoisotopic (exact) mass is 240 g/mol. The molecular weight excluding hydrogens is 224 g/mol. The van der Waals surface area contributed by atoms with E-state index < -0.39 is 0 Å². The fourth-order valence-corrected chi connectivity index (χ4v) is 3.15. The zero-order valence-corrected chi connectivity index (χ0v) is 10.0. The van der Waals surface area contributed by atoms with Crippen molar-refractivity contribution in [2.45, 2.75) is 26.7 Å². The summed E-state index contributed by atoms with van der Waals surface area (Å²) in [5.41, 5.74) is 3.36. The Balaban J connectivity index is 2.23. The van der Waals surface area contributed by atoms with E-state index >= 15 is 0 Å². The second-order valence-corrected chi connectivity index (χ2v) is 5.50. The van der Waals surface area contributed by atoms with Crippen LogP contribution in [0.4, 0.5) is 0 Å². The highest BCUT2D eigenvalue weighted by molar-refractivity contribution is 9.09. The third-order valence-electron chi connectivity index (χ3n) is 4.04. The largest absolute Gasteiger partial charge is 0.0947 e.